The van der Waals surface area contributed by atoms with E-state index >= 15 is 0 Å². The second kappa shape index (κ2) is 7.52. The smallest absolute Gasteiger partial charge is 0.118 e. The summed E-state index contributed by atoms with van der Waals surface area (Å²) < 4.78 is 0. The standard InChI is InChI=1S/C20H25NOS/c1-17(16-21-12-14-23-15-13-21)20(22,18-8-4-2-5-9-18)19-10-6-3-7-11-19/h2-11,17,22H,12-16H2,1H3. The summed E-state index contributed by atoms with van der Waals surface area (Å²) in [6.45, 7) is 5.33. The van der Waals surface area contributed by atoms with Crippen molar-refractivity contribution in [2.24, 2.45) is 5.92 Å². The van der Waals surface area contributed by atoms with Gasteiger partial charge >= 0.3 is 0 Å². The molecule has 0 aliphatic carbocycles. The van der Waals surface area contributed by atoms with Crippen molar-refractivity contribution in [2.75, 3.05) is 31.1 Å². The molecule has 122 valence electrons. The molecule has 1 aliphatic heterocycles. The van der Waals surface area contributed by atoms with E-state index in [1.165, 1.54) is 11.5 Å². The topological polar surface area (TPSA) is 23.5 Å². The van der Waals surface area contributed by atoms with E-state index in [1.807, 2.05) is 72.4 Å². The number of thioether (sulfide) groups is 1. The van der Waals surface area contributed by atoms with Crippen molar-refractivity contribution in [1.29, 1.82) is 0 Å². The van der Waals surface area contributed by atoms with Crippen LogP contribution >= 0.6 is 11.8 Å². The lowest BCUT2D eigenvalue weighted by molar-refractivity contribution is 0.00866. The average Bonchev–Trinajstić information content (AvgIpc) is 2.63. The van der Waals surface area contributed by atoms with Gasteiger partial charge in [0.1, 0.15) is 5.60 Å². The molecule has 3 heteroatoms. The van der Waals surface area contributed by atoms with Gasteiger partial charge in [-0.2, -0.15) is 11.8 Å². The van der Waals surface area contributed by atoms with Gasteiger partial charge in [0.2, 0.25) is 0 Å². The first-order chi connectivity index (χ1) is 11.2. The predicted octanol–water partition coefficient (Wildman–Crippen LogP) is 3.61. The SMILES string of the molecule is CC(CN1CCSCC1)C(O)(c1ccccc1)c1ccccc1. The van der Waals surface area contributed by atoms with E-state index in [1.54, 1.807) is 0 Å². The van der Waals surface area contributed by atoms with Gasteiger partial charge in [0.25, 0.3) is 0 Å². The highest BCUT2D eigenvalue weighted by Gasteiger charge is 2.38. The van der Waals surface area contributed by atoms with Crippen LogP contribution in [0.15, 0.2) is 60.7 Å². The number of hydrogen-bond donors (Lipinski definition) is 1. The Morgan fingerprint density at radius 3 is 1.91 bits per heavy atom. The Balaban J connectivity index is 1.91. The first kappa shape index (κ1) is 16.6. The quantitative estimate of drug-likeness (QED) is 0.907. The van der Waals surface area contributed by atoms with Crippen molar-refractivity contribution in [2.45, 2.75) is 12.5 Å². The molecule has 1 fully saturated rings. The molecule has 3 rings (SSSR count). The molecule has 0 saturated carbocycles. The monoisotopic (exact) mass is 327 g/mol. The van der Waals surface area contributed by atoms with E-state index in [4.69, 9.17) is 0 Å². The van der Waals surface area contributed by atoms with Crippen LogP contribution in [-0.4, -0.2) is 41.1 Å². The fourth-order valence-electron chi connectivity index (χ4n) is 3.42. The maximum absolute atomic E-state index is 11.7. The molecule has 1 saturated heterocycles. The normalized spacial score (nSPS) is 17.8. The second-order valence-corrected chi connectivity index (χ2v) is 7.54. The third kappa shape index (κ3) is 3.63. The Labute approximate surface area is 143 Å². The minimum Gasteiger partial charge on any atom is -0.380 e. The lowest BCUT2D eigenvalue weighted by Crippen LogP contribution is -2.44. The lowest BCUT2D eigenvalue weighted by Gasteiger charge is -2.39. The van der Waals surface area contributed by atoms with Crippen LogP contribution in [0.4, 0.5) is 0 Å². The number of aliphatic hydroxyl groups is 1. The summed E-state index contributed by atoms with van der Waals surface area (Å²) in [5.41, 5.74) is 1.00. The van der Waals surface area contributed by atoms with Crippen LogP contribution in [0.3, 0.4) is 0 Å². The van der Waals surface area contributed by atoms with Crippen LogP contribution in [-0.2, 0) is 5.60 Å². The highest BCUT2D eigenvalue weighted by atomic mass is 32.2. The van der Waals surface area contributed by atoms with Gasteiger partial charge in [0.05, 0.1) is 0 Å². The van der Waals surface area contributed by atoms with Gasteiger partial charge < -0.3 is 10.0 Å². The molecule has 1 N–H and O–H groups in total. The minimum atomic E-state index is -0.951. The van der Waals surface area contributed by atoms with E-state index in [-0.39, 0.29) is 5.92 Å². The van der Waals surface area contributed by atoms with Crippen LogP contribution in [0.1, 0.15) is 18.1 Å². The van der Waals surface area contributed by atoms with Crippen molar-refractivity contribution >= 4 is 11.8 Å². The van der Waals surface area contributed by atoms with Gasteiger partial charge in [-0.3, -0.25) is 0 Å². The second-order valence-electron chi connectivity index (χ2n) is 6.31. The first-order valence-corrected chi connectivity index (χ1v) is 9.50. The molecule has 1 heterocycles. The third-order valence-electron chi connectivity index (χ3n) is 4.78. The van der Waals surface area contributed by atoms with Gasteiger partial charge in [0.15, 0.2) is 0 Å². The molecule has 2 aromatic rings. The third-order valence-corrected chi connectivity index (χ3v) is 5.72. The Hall–Kier alpha value is -1.29. The molecule has 1 aliphatic rings. The van der Waals surface area contributed by atoms with E-state index in [0.717, 1.165) is 30.8 Å². The van der Waals surface area contributed by atoms with E-state index < -0.39 is 5.60 Å². The molecule has 1 unspecified atom stereocenters. The zero-order valence-electron chi connectivity index (χ0n) is 13.7. The summed E-state index contributed by atoms with van der Waals surface area (Å²) in [4.78, 5) is 2.48. The Morgan fingerprint density at radius 1 is 0.957 bits per heavy atom. The van der Waals surface area contributed by atoms with Gasteiger partial charge in [-0.15, -0.1) is 0 Å². The van der Waals surface area contributed by atoms with E-state index in [2.05, 4.69) is 11.8 Å². The summed E-state index contributed by atoms with van der Waals surface area (Å²) in [5.74, 6) is 2.51. The molecule has 1 atom stereocenters. The van der Waals surface area contributed by atoms with Crippen molar-refractivity contribution < 1.29 is 5.11 Å². The highest BCUT2D eigenvalue weighted by Crippen LogP contribution is 2.37. The minimum absolute atomic E-state index is 0.121. The van der Waals surface area contributed by atoms with E-state index in [9.17, 15) is 5.11 Å². The highest BCUT2D eigenvalue weighted by molar-refractivity contribution is 7.99. The van der Waals surface area contributed by atoms with E-state index in [0.29, 0.717) is 0 Å². The van der Waals surface area contributed by atoms with Crippen LogP contribution in [0.25, 0.3) is 0 Å². The fraction of sp³-hybridized carbons (Fsp3) is 0.400. The van der Waals surface area contributed by atoms with Crippen LogP contribution < -0.4 is 0 Å². The average molecular weight is 327 g/mol. The zero-order chi connectivity index (χ0) is 16.1. The maximum atomic E-state index is 11.7. The van der Waals surface area contributed by atoms with Gasteiger partial charge in [-0.25, -0.2) is 0 Å². The Bertz CT molecular complexity index is 556. The molecular weight excluding hydrogens is 302 g/mol. The van der Waals surface area contributed by atoms with Crippen LogP contribution in [0, 0.1) is 5.92 Å². The fourth-order valence-corrected chi connectivity index (χ4v) is 4.40. The van der Waals surface area contributed by atoms with Crippen LogP contribution in [0.5, 0.6) is 0 Å². The molecule has 2 aromatic carbocycles. The first-order valence-electron chi connectivity index (χ1n) is 8.35. The van der Waals surface area contributed by atoms with Crippen molar-refractivity contribution in [3.8, 4) is 0 Å². The van der Waals surface area contributed by atoms with Gasteiger partial charge in [-0.05, 0) is 11.1 Å². The molecule has 0 spiro atoms. The predicted molar refractivity (Wildman–Crippen MR) is 98.8 cm³/mol. The molecule has 23 heavy (non-hydrogen) atoms. The maximum Gasteiger partial charge on any atom is 0.118 e. The summed E-state index contributed by atoms with van der Waals surface area (Å²) in [6, 6.07) is 20.2. The van der Waals surface area contributed by atoms with Gasteiger partial charge in [0, 0.05) is 37.1 Å². The molecule has 0 amide bonds. The molecule has 0 bridgehead atoms. The summed E-state index contributed by atoms with van der Waals surface area (Å²) in [5, 5.41) is 11.7. The van der Waals surface area contributed by atoms with Crippen molar-refractivity contribution in [3.63, 3.8) is 0 Å². The summed E-state index contributed by atoms with van der Waals surface area (Å²) in [7, 11) is 0. The Morgan fingerprint density at radius 2 is 1.43 bits per heavy atom. The van der Waals surface area contributed by atoms with Gasteiger partial charge in [-0.1, -0.05) is 67.6 Å². The van der Waals surface area contributed by atoms with Crippen molar-refractivity contribution in [1.82, 2.24) is 4.90 Å². The largest absolute Gasteiger partial charge is 0.380 e. The summed E-state index contributed by atoms with van der Waals surface area (Å²) in [6.07, 6.45) is 0. The van der Waals surface area contributed by atoms with Crippen molar-refractivity contribution in [3.05, 3.63) is 71.8 Å². The molecule has 0 radical (unpaired) electrons. The lowest BCUT2D eigenvalue weighted by atomic mass is 9.76. The number of nitrogens with zero attached hydrogens (tertiary/aromatic N) is 1. The zero-order valence-corrected chi connectivity index (χ0v) is 14.5. The Kier molecular flexibility index (Phi) is 5.42. The number of benzene rings is 2. The van der Waals surface area contributed by atoms with Crippen LogP contribution in [0.2, 0.25) is 0 Å². The molecule has 0 aromatic heterocycles. The molecular formula is C20H25NOS. The summed E-state index contributed by atoms with van der Waals surface area (Å²) >= 11 is 2.02. The number of rotatable bonds is 5. The number of hydrogen-bond acceptors (Lipinski definition) is 3. The molecule has 2 nitrogen and oxygen atoms in total.